The summed E-state index contributed by atoms with van der Waals surface area (Å²) in [6.45, 7) is 3.82. The van der Waals surface area contributed by atoms with Crippen LogP contribution in [0.25, 0.3) is 10.9 Å². The summed E-state index contributed by atoms with van der Waals surface area (Å²) in [7, 11) is 0. The first-order chi connectivity index (χ1) is 9.78. The second kappa shape index (κ2) is 5.53. The van der Waals surface area contributed by atoms with Crippen LogP contribution in [0.4, 0.5) is 0 Å². The Morgan fingerprint density at radius 3 is 3.05 bits per heavy atom. The number of carbonyl (C=O) groups excluding carboxylic acids is 1. The SMILES string of the molecule is CCC1C=CC(=O)N(CCc2c[nH]c3ccccc23)C1. The summed E-state index contributed by atoms with van der Waals surface area (Å²) >= 11 is 0. The van der Waals surface area contributed by atoms with Crippen LogP contribution in [0.5, 0.6) is 0 Å². The first-order valence-electron chi connectivity index (χ1n) is 7.30. The van der Waals surface area contributed by atoms with Crippen LogP contribution < -0.4 is 0 Å². The summed E-state index contributed by atoms with van der Waals surface area (Å²) in [6.07, 6.45) is 7.83. The smallest absolute Gasteiger partial charge is 0.246 e. The second-order valence-electron chi connectivity index (χ2n) is 5.42. The highest BCUT2D eigenvalue weighted by Crippen LogP contribution is 2.19. The number of carbonyl (C=O) groups is 1. The fourth-order valence-electron chi connectivity index (χ4n) is 2.82. The van der Waals surface area contributed by atoms with Crippen molar-refractivity contribution in [3.8, 4) is 0 Å². The fourth-order valence-corrected chi connectivity index (χ4v) is 2.82. The number of fused-ring (bicyclic) bond motifs is 1. The lowest BCUT2D eigenvalue weighted by atomic mass is 10.0. The van der Waals surface area contributed by atoms with Crippen molar-refractivity contribution in [1.29, 1.82) is 0 Å². The monoisotopic (exact) mass is 268 g/mol. The average Bonchev–Trinajstić information content (AvgIpc) is 2.90. The van der Waals surface area contributed by atoms with Crippen molar-refractivity contribution in [2.24, 2.45) is 5.92 Å². The maximum absolute atomic E-state index is 11.9. The lowest BCUT2D eigenvalue weighted by Crippen LogP contribution is -2.38. The zero-order valence-corrected chi connectivity index (χ0v) is 11.8. The minimum Gasteiger partial charge on any atom is -0.361 e. The molecule has 1 aromatic heterocycles. The van der Waals surface area contributed by atoms with Gasteiger partial charge in [0.2, 0.25) is 5.91 Å². The maximum atomic E-state index is 11.9. The molecule has 1 atom stereocenters. The number of rotatable bonds is 4. The first-order valence-corrected chi connectivity index (χ1v) is 7.30. The number of hydrogen-bond donors (Lipinski definition) is 1. The third-order valence-electron chi connectivity index (χ3n) is 4.13. The van der Waals surface area contributed by atoms with Crippen molar-refractivity contribution in [3.63, 3.8) is 0 Å². The van der Waals surface area contributed by atoms with Crippen LogP contribution in [0, 0.1) is 5.92 Å². The lowest BCUT2D eigenvalue weighted by molar-refractivity contribution is -0.127. The number of amides is 1. The molecule has 1 amide bonds. The van der Waals surface area contributed by atoms with Gasteiger partial charge in [-0.25, -0.2) is 0 Å². The van der Waals surface area contributed by atoms with E-state index in [9.17, 15) is 4.79 Å². The van der Waals surface area contributed by atoms with Gasteiger partial charge in [-0.15, -0.1) is 0 Å². The van der Waals surface area contributed by atoms with Gasteiger partial charge in [-0.1, -0.05) is 31.2 Å². The molecule has 2 heterocycles. The van der Waals surface area contributed by atoms with Crippen LogP contribution in [0.1, 0.15) is 18.9 Å². The van der Waals surface area contributed by atoms with Gasteiger partial charge in [-0.05, 0) is 36.5 Å². The van der Waals surface area contributed by atoms with Gasteiger partial charge in [-0.2, -0.15) is 0 Å². The Kier molecular flexibility index (Phi) is 3.59. The molecule has 1 aliphatic heterocycles. The van der Waals surface area contributed by atoms with Crippen LogP contribution >= 0.6 is 0 Å². The topological polar surface area (TPSA) is 36.1 Å². The molecule has 1 N–H and O–H groups in total. The van der Waals surface area contributed by atoms with Gasteiger partial charge in [0.05, 0.1) is 0 Å². The van der Waals surface area contributed by atoms with Crippen molar-refractivity contribution in [3.05, 3.63) is 48.2 Å². The molecule has 0 fully saturated rings. The molecule has 0 bridgehead atoms. The molecule has 0 spiro atoms. The third kappa shape index (κ3) is 2.48. The van der Waals surface area contributed by atoms with E-state index in [4.69, 9.17) is 0 Å². The minimum absolute atomic E-state index is 0.148. The molecule has 1 aliphatic rings. The number of benzene rings is 1. The normalized spacial score (nSPS) is 18.9. The minimum atomic E-state index is 0.148. The van der Waals surface area contributed by atoms with Crippen LogP contribution in [0.2, 0.25) is 0 Å². The van der Waals surface area contributed by atoms with E-state index in [1.165, 1.54) is 16.5 Å². The third-order valence-corrected chi connectivity index (χ3v) is 4.13. The van der Waals surface area contributed by atoms with E-state index in [0.717, 1.165) is 25.9 Å². The van der Waals surface area contributed by atoms with Gasteiger partial charge in [-0.3, -0.25) is 4.79 Å². The lowest BCUT2D eigenvalue weighted by Gasteiger charge is -2.28. The number of H-pyrrole nitrogens is 1. The van der Waals surface area contributed by atoms with Crippen molar-refractivity contribution >= 4 is 16.8 Å². The Morgan fingerprint density at radius 2 is 2.20 bits per heavy atom. The van der Waals surface area contributed by atoms with Gasteiger partial charge >= 0.3 is 0 Å². The molecular weight excluding hydrogens is 248 g/mol. The first kappa shape index (κ1) is 13.0. The van der Waals surface area contributed by atoms with Crippen LogP contribution in [-0.2, 0) is 11.2 Å². The number of aromatic nitrogens is 1. The van der Waals surface area contributed by atoms with E-state index < -0.39 is 0 Å². The van der Waals surface area contributed by atoms with E-state index >= 15 is 0 Å². The van der Waals surface area contributed by atoms with Crippen molar-refractivity contribution in [1.82, 2.24) is 9.88 Å². The highest BCUT2D eigenvalue weighted by molar-refractivity contribution is 5.88. The summed E-state index contributed by atoms with van der Waals surface area (Å²) in [5.41, 5.74) is 2.45. The molecule has 3 rings (SSSR count). The molecule has 1 unspecified atom stereocenters. The van der Waals surface area contributed by atoms with Crippen LogP contribution in [0.3, 0.4) is 0 Å². The summed E-state index contributed by atoms with van der Waals surface area (Å²) < 4.78 is 0. The largest absolute Gasteiger partial charge is 0.361 e. The van der Waals surface area contributed by atoms with Crippen LogP contribution in [0.15, 0.2) is 42.6 Å². The number of para-hydroxylation sites is 1. The number of aromatic amines is 1. The van der Waals surface area contributed by atoms with E-state index in [1.807, 2.05) is 17.0 Å². The maximum Gasteiger partial charge on any atom is 0.246 e. The average molecular weight is 268 g/mol. The fraction of sp³-hybridized carbons (Fsp3) is 0.353. The van der Waals surface area contributed by atoms with E-state index in [2.05, 4.69) is 36.3 Å². The quantitative estimate of drug-likeness (QED) is 0.908. The highest BCUT2D eigenvalue weighted by atomic mass is 16.2. The van der Waals surface area contributed by atoms with E-state index in [-0.39, 0.29) is 5.91 Å². The number of hydrogen-bond acceptors (Lipinski definition) is 1. The molecule has 0 aliphatic carbocycles. The Balaban J connectivity index is 1.70. The standard InChI is InChI=1S/C17H20N2O/c1-2-13-7-8-17(20)19(12-13)10-9-14-11-18-16-6-4-3-5-15(14)16/h3-8,11,13,18H,2,9-10,12H2,1H3. The predicted molar refractivity (Wildman–Crippen MR) is 81.5 cm³/mol. The summed E-state index contributed by atoms with van der Waals surface area (Å²) in [5.74, 6) is 0.658. The van der Waals surface area contributed by atoms with Gasteiger partial charge in [0.15, 0.2) is 0 Å². The Morgan fingerprint density at radius 1 is 1.35 bits per heavy atom. The zero-order valence-electron chi connectivity index (χ0n) is 11.8. The molecule has 2 aromatic rings. The van der Waals surface area contributed by atoms with Crippen molar-refractivity contribution in [2.45, 2.75) is 19.8 Å². The van der Waals surface area contributed by atoms with Crippen molar-refractivity contribution in [2.75, 3.05) is 13.1 Å². The summed E-state index contributed by atoms with van der Waals surface area (Å²) in [6, 6.07) is 8.31. The molecular formula is C17H20N2O. The molecule has 0 radical (unpaired) electrons. The number of nitrogens with one attached hydrogen (secondary N) is 1. The Labute approximate surface area is 119 Å². The summed E-state index contributed by atoms with van der Waals surface area (Å²) in [5, 5.41) is 1.26. The Hall–Kier alpha value is -2.03. The van der Waals surface area contributed by atoms with Gasteiger partial charge in [0.1, 0.15) is 0 Å². The molecule has 0 saturated carbocycles. The highest BCUT2D eigenvalue weighted by Gasteiger charge is 2.19. The predicted octanol–water partition coefficient (Wildman–Crippen LogP) is 3.14. The summed E-state index contributed by atoms with van der Waals surface area (Å²) in [4.78, 5) is 17.2. The molecule has 104 valence electrons. The zero-order chi connectivity index (χ0) is 13.9. The van der Waals surface area contributed by atoms with Gasteiger partial charge in [0, 0.05) is 30.2 Å². The van der Waals surface area contributed by atoms with E-state index in [1.54, 1.807) is 6.08 Å². The second-order valence-corrected chi connectivity index (χ2v) is 5.42. The van der Waals surface area contributed by atoms with Crippen molar-refractivity contribution < 1.29 is 4.79 Å². The van der Waals surface area contributed by atoms with Gasteiger partial charge in [0.25, 0.3) is 0 Å². The molecule has 3 nitrogen and oxygen atoms in total. The van der Waals surface area contributed by atoms with Gasteiger partial charge < -0.3 is 9.88 Å². The molecule has 1 aromatic carbocycles. The Bertz CT molecular complexity index is 641. The van der Waals surface area contributed by atoms with Crippen LogP contribution in [-0.4, -0.2) is 28.9 Å². The molecule has 20 heavy (non-hydrogen) atoms. The molecule has 3 heteroatoms. The van der Waals surface area contributed by atoms with E-state index in [0.29, 0.717) is 5.92 Å². The number of nitrogens with zero attached hydrogens (tertiary/aromatic N) is 1. The molecule has 0 saturated heterocycles.